The van der Waals surface area contributed by atoms with Crippen molar-refractivity contribution in [3.63, 3.8) is 0 Å². The zero-order chi connectivity index (χ0) is 25.2. The van der Waals surface area contributed by atoms with Gasteiger partial charge in [-0.2, -0.15) is 5.26 Å². The summed E-state index contributed by atoms with van der Waals surface area (Å²) < 4.78 is 37.2. The number of rotatable bonds is 9. The molecule has 178 valence electrons. The Hall–Kier alpha value is -4.71. The summed E-state index contributed by atoms with van der Waals surface area (Å²) in [4.78, 5) is 24.6. The second-order valence-corrected chi connectivity index (χ2v) is 7.11. The lowest BCUT2D eigenvalue weighted by Gasteiger charge is -2.13. The predicted molar refractivity (Wildman–Crippen MR) is 127 cm³/mol. The summed E-state index contributed by atoms with van der Waals surface area (Å²) in [6.45, 7) is 1.75. The second-order valence-electron chi connectivity index (χ2n) is 7.11. The Morgan fingerprint density at radius 1 is 0.886 bits per heavy atom. The standard InChI is InChI=1S/C26H21F2N3O4/c1-2-34-24-14-17(13-18(15-29)26(33)31-22-10-6-20(28)7-11-22)3-12-23(24)35-16-25(32)30-21-8-4-19(27)5-9-21/h3-14H,2,16H2,1H3,(H,30,32)(H,31,33). The average molecular weight is 477 g/mol. The van der Waals surface area contributed by atoms with Crippen molar-refractivity contribution < 1.29 is 27.8 Å². The third kappa shape index (κ3) is 7.40. The van der Waals surface area contributed by atoms with E-state index in [9.17, 15) is 23.6 Å². The van der Waals surface area contributed by atoms with Crippen molar-refractivity contribution >= 4 is 29.3 Å². The first-order valence-corrected chi connectivity index (χ1v) is 10.5. The number of carbonyl (C=O) groups is 2. The Kier molecular flexibility index (Phi) is 8.51. The van der Waals surface area contributed by atoms with Crippen LogP contribution >= 0.6 is 0 Å². The second kappa shape index (κ2) is 12.0. The highest BCUT2D eigenvalue weighted by atomic mass is 19.1. The molecular formula is C26H21F2N3O4. The van der Waals surface area contributed by atoms with E-state index in [0.717, 1.165) is 0 Å². The number of hydrogen-bond donors (Lipinski definition) is 2. The Balaban J connectivity index is 1.69. The van der Waals surface area contributed by atoms with E-state index >= 15 is 0 Å². The van der Waals surface area contributed by atoms with E-state index in [1.165, 1.54) is 54.6 Å². The van der Waals surface area contributed by atoms with Crippen molar-refractivity contribution in [2.45, 2.75) is 6.92 Å². The van der Waals surface area contributed by atoms with Gasteiger partial charge in [-0.05, 0) is 79.2 Å². The Morgan fingerprint density at radius 3 is 2.06 bits per heavy atom. The molecule has 0 heterocycles. The van der Waals surface area contributed by atoms with E-state index in [4.69, 9.17) is 9.47 Å². The van der Waals surface area contributed by atoms with Gasteiger partial charge in [0.05, 0.1) is 6.61 Å². The molecule has 0 aliphatic rings. The first kappa shape index (κ1) is 24.9. The predicted octanol–water partition coefficient (Wildman–Crippen LogP) is 4.93. The van der Waals surface area contributed by atoms with Gasteiger partial charge in [0.15, 0.2) is 18.1 Å². The molecule has 0 spiro atoms. The van der Waals surface area contributed by atoms with Gasteiger partial charge in [-0.15, -0.1) is 0 Å². The third-order valence-corrected chi connectivity index (χ3v) is 4.53. The molecule has 2 N–H and O–H groups in total. The summed E-state index contributed by atoms with van der Waals surface area (Å²) in [5, 5.41) is 14.5. The number of carbonyl (C=O) groups excluding carboxylic acids is 2. The normalized spacial score (nSPS) is 10.7. The van der Waals surface area contributed by atoms with Crippen molar-refractivity contribution in [3.05, 3.63) is 89.5 Å². The summed E-state index contributed by atoms with van der Waals surface area (Å²) in [6.07, 6.45) is 1.37. The number of nitrogens with zero attached hydrogens (tertiary/aromatic N) is 1. The number of ether oxygens (including phenoxy) is 2. The van der Waals surface area contributed by atoms with Gasteiger partial charge in [0.1, 0.15) is 23.3 Å². The van der Waals surface area contributed by atoms with Crippen LogP contribution in [0.15, 0.2) is 72.3 Å². The topological polar surface area (TPSA) is 100 Å². The van der Waals surface area contributed by atoms with Crippen LogP contribution in [0, 0.1) is 23.0 Å². The van der Waals surface area contributed by atoms with Crippen LogP contribution in [0.1, 0.15) is 12.5 Å². The van der Waals surface area contributed by atoms with Crippen molar-refractivity contribution in [2.24, 2.45) is 0 Å². The van der Waals surface area contributed by atoms with Gasteiger partial charge in [0, 0.05) is 11.4 Å². The SMILES string of the molecule is CCOc1cc(C=C(C#N)C(=O)Nc2ccc(F)cc2)ccc1OCC(=O)Nc1ccc(F)cc1. The molecule has 7 nitrogen and oxygen atoms in total. The molecule has 0 radical (unpaired) electrons. The van der Waals surface area contributed by atoms with Crippen LogP contribution in [0.3, 0.4) is 0 Å². The van der Waals surface area contributed by atoms with Crippen LogP contribution in [-0.4, -0.2) is 25.0 Å². The molecule has 0 aliphatic carbocycles. The van der Waals surface area contributed by atoms with Gasteiger partial charge in [-0.3, -0.25) is 9.59 Å². The molecule has 0 atom stereocenters. The van der Waals surface area contributed by atoms with E-state index in [1.54, 1.807) is 25.1 Å². The number of anilines is 2. The highest BCUT2D eigenvalue weighted by Gasteiger charge is 2.13. The maximum atomic E-state index is 13.0. The average Bonchev–Trinajstić information content (AvgIpc) is 2.85. The largest absolute Gasteiger partial charge is 0.490 e. The highest BCUT2D eigenvalue weighted by Crippen LogP contribution is 2.29. The fourth-order valence-electron chi connectivity index (χ4n) is 2.92. The smallest absolute Gasteiger partial charge is 0.266 e. The molecule has 3 rings (SSSR count). The van der Waals surface area contributed by atoms with E-state index in [2.05, 4.69) is 10.6 Å². The quantitative estimate of drug-likeness (QED) is 0.336. The molecule has 0 bridgehead atoms. The Bertz CT molecular complexity index is 1270. The molecule has 0 saturated heterocycles. The molecule has 35 heavy (non-hydrogen) atoms. The lowest BCUT2D eigenvalue weighted by atomic mass is 10.1. The molecule has 0 aliphatic heterocycles. The maximum Gasteiger partial charge on any atom is 0.266 e. The summed E-state index contributed by atoms with van der Waals surface area (Å²) in [5.41, 5.74) is 1.08. The summed E-state index contributed by atoms with van der Waals surface area (Å²) in [6, 6.07) is 17.0. The highest BCUT2D eigenvalue weighted by molar-refractivity contribution is 6.09. The number of nitrogens with one attached hydrogen (secondary N) is 2. The zero-order valence-corrected chi connectivity index (χ0v) is 18.7. The summed E-state index contributed by atoms with van der Waals surface area (Å²) >= 11 is 0. The van der Waals surface area contributed by atoms with Crippen LogP contribution in [0.4, 0.5) is 20.2 Å². The van der Waals surface area contributed by atoms with Gasteiger partial charge in [-0.1, -0.05) is 6.07 Å². The summed E-state index contributed by atoms with van der Waals surface area (Å²) in [5.74, 6) is -1.37. The van der Waals surface area contributed by atoms with Crippen molar-refractivity contribution in [1.29, 1.82) is 5.26 Å². The lowest BCUT2D eigenvalue weighted by molar-refractivity contribution is -0.118. The van der Waals surface area contributed by atoms with Gasteiger partial charge >= 0.3 is 0 Å². The molecule has 9 heteroatoms. The first-order valence-electron chi connectivity index (χ1n) is 10.5. The van der Waals surface area contributed by atoms with E-state index in [1.807, 2.05) is 6.07 Å². The molecule has 3 aromatic rings. The number of benzene rings is 3. The van der Waals surface area contributed by atoms with Gasteiger partial charge < -0.3 is 20.1 Å². The van der Waals surface area contributed by atoms with E-state index in [-0.39, 0.29) is 17.9 Å². The monoisotopic (exact) mass is 477 g/mol. The first-order chi connectivity index (χ1) is 16.9. The molecule has 3 aromatic carbocycles. The number of hydrogen-bond acceptors (Lipinski definition) is 5. The van der Waals surface area contributed by atoms with Gasteiger partial charge in [-0.25, -0.2) is 8.78 Å². The molecule has 0 fully saturated rings. The number of nitriles is 1. The van der Waals surface area contributed by atoms with E-state index < -0.39 is 23.4 Å². The fraction of sp³-hybridized carbons (Fsp3) is 0.115. The van der Waals surface area contributed by atoms with Crippen LogP contribution in [0.2, 0.25) is 0 Å². The van der Waals surface area contributed by atoms with Crippen molar-refractivity contribution in [2.75, 3.05) is 23.8 Å². The number of halogens is 2. The van der Waals surface area contributed by atoms with Gasteiger partial charge in [0.25, 0.3) is 11.8 Å². The zero-order valence-electron chi connectivity index (χ0n) is 18.7. The minimum atomic E-state index is -0.658. The molecule has 2 amide bonds. The third-order valence-electron chi connectivity index (χ3n) is 4.53. The van der Waals surface area contributed by atoms with Gasteiger partial charge in [0.2, 0.25) is 0 Å². The van der Waals surface area contributed by atoms with Crippen LogP contribution in [0.5, 0.6) is 11.5 Å². The fourth-order valence-corrected chi connectivity index (χ4v) is 2.92. The minimum absolute atomic E-state index is 0.177. The van der Waals surface area contributed by atoms with Crippen LogP contribution in [-0.2, 0) is 9.59 Å². The Labute approximate surface area is 200 Å². The van der Waals surface area contributed by atoms with E-state index in [0.29, 0.717) is 29.3 Å². The minimum Gasteiger partial charge on any atom is -0.490 e. The number of amides is 2. The van der Waals surface area contributed by atoms with Crippen LogP contribution < -0.4 is 20.1 Å². The van der Waals surface area contributed by atoms with Crippen molar-refractivity contribution in [1.82, 2.24) is 0 Å². The molecule has 0 aromatic heterocycles. The lowest BCUT2D eigenvalue weighted by Crippen LogP contribution is -2.20. The van der Waals surface area contributed by atoms with Crippen LogP contribution in [0.25, 0.3) is 6.08 Å². The molecule has 0 unspecified atom stereocenters. The molecular weight excluding hydrogens is 456 g/mol. The maximum absolute atomic E-state index is 13.0. The summed E-state index contributed by atoms with van der Waals surface area (Å²) in [7, 11) is 0. The Morgan fingerprint density at radius 2 is 1.49 bits per heavy atom. The van der Waals surface area contributed by atoms with Crippen molar-refractivity contribution in [3.8, 4) is 17.6 Å². The molecule has 0 saturated carbocycles.